The zero-order valence-electron chi connectivity index (χ0n) is 27.1. The second-order valence-corrected chi connectivity index (χ2v) is 11.9. The van der Waals surface area contributed by atoms with Gasteiger partial charge in [0.25, 0.3) is 0 Å². The number of carbonyl (C=O) groups is 2. The van der Waals surface area contributed by atoms with E-state index in [1.54, 1.807) is 30.3 Å². The van der Waals surface area contributed by atoms with Crippen LogP contribution in [-0.4, -0.2) is 24.9 Å². The summed E-state index contributed by atoms with van der Waals surface area (Å²) in [6, 6.07) is 22.4. The number of fused-ring (bicyclic) bond motifs is 2. The molecule has 0 fully saturated rings. The van der Waals surface area contributed by atoms with E-state index in [0.717, 1.165) is 24.3 Å². The molecular weight excluding hydrogens is 706 g/mol. The Labute approximate surface area is 296 Å². The van der Waals surface area contributed by atoms with Crippen LogP contribution in [0.2, 0.25) is 0 Å². The quantitative estimate of drug-likeness (QED) is 0.133. The molecule has 2 N–H and O–H groups in total. The number of nitrogens with zero attached hydrogens (tertiary/aromatic N) is 4. The minimum Gasteiger partial charge on any atom is -0.871 e. The number of hydrogen-bond acceptors (Lipinski definition) is 14. The van der Waals surface area contributed by atoms with Gasteiger partial charge in [0.05, 0.1) is 39.6 Å². The van der Waals surface area contributed by atoms with E-state index in [2.05, 4.69) is 20.5 Å². The van der Waals surface area contributed by atoms with Crippen molar-refractivity contribution in [3.8, 4) is 22.6 Å². The van der Waals surface area contributed by atoms with Gasteiger partial charge in [-0.15, -0.1) is 15.3 Å². The Morgan fingerprint density at radius 1 is 0.620 bits per heavy atom. The summed E-state index contributed by atoms with van der Waals surface area (Å²) in [5.41, 5.74) is 3.95. The maximum atomic E-state index is 13.1. The fourth-order valence-electron chi connectivity index (χ4n) is 5.10. The number of nitrogen functional groups attached to an aromatic ring is 1. The van der Waals surface area contributed by atoms with Gasteiger partial charge in [0.15, 0.2) is 0 Å². The monoisotopic (exact) mass is 726 g/mol. The standard InChI is InChI=1S/C34H23N5O9S.Cr/c35-21-8-9-23-20(13-21)16-29(49(46,47)48)30(32(23)41)39-37-27-11-7-19(15-25(27)34(44)45)18-6-10-26(24(14-18)33(42)43)36-38-28-12-5-17-3-1-2-4-22(17)31(28)40;/h1-16,40-41H,35H2,(H,42,43)(H,44,45)(H,46,47,48);/q;+3/p-3. The average molecular weight is 727 g/mol. The van der Waals surface area contributed by atoms with Crippen molar-refractivity contribution in [3.63, 3.8) is 0 Å². The molecule has 0 saturated carbocycles. The van der Waals surface area contributed by atoms with Crippen molar-refractivity contribution in [3.05, 3.63) is 108 Å². The number of aromatic carboxylic acids is 2. The second-order valence-electron chi connectivity index (χ2n) is 10.6. The topological polar surface area (TPSA) is 259 Å². The predicted octanol–water partition coefficient (Wildman–Crippen LogP) is 4.07. The van der Waals surface area contributed by atoms with Gasteiger partial charge in [-0.2, -0.15) is 5.11 Å². The first-order chi connectivity index (χ1) is 23.3. The molecule has 16 heteroatoms. The molecule has 6 rings (SSSR count). The molecule has 0 aliphatic rings. The summed E-state index contributed by atoms with van der Waals surface area (Å²) in [6.07, 6.45) is 0. The molecule has 0 aliphatic heterocycles. The summed E-state index contributed by atoms with van der Waals surface area (Å²) in [5, 5.41) is 66.4. The molecule has 0 heterocycles. The van der Waals surface area contributed by atoms with E-state index in [-0.39, 0.29) is 64.9 Å². The van der Waals surface area contributed by atoms with E-state index >= 15 is 0 Å². The van der Waals surface area contributed by atoms with Crippen LogP contribution in [0.4, 0.5) is 28.4 Å². The largest absolute Gasteiger partial charge is 3.00 e. The van der Waals surface area contributed by atoms with E-state index in [0.29, 0.717) is 10.8 Å². The van der Waals surface area contributed by atoms with Gasteiger partial charge >= 0.3 is 20.2 Å². The van der Waals surface area contributed by atoms with Crippen molar-refractivity contribution in [2.24, 2.45) is 20.5 Å². The molecule has 0 amide bonds. The molecule has 0 atom stereocenters. The van der Waals surface area contributed by atoms with E-state index in [4.69, 9.17) is 5.73 Å². The van der Waals surface area contributed by atoms with Crippen LogP contribution in [0.25, 0.3) is 32.7 Å². The maximum Gasteiger partial charge on any atom is 3.00 e. The van der Waals surface area contributed by atoms with Crippen molar-refractivity contribution >= 4 is 72.0 Å². The minimum absolute atomic E-state index is 0. The summed E-state index contributed by atoms with van der Waals surface area (Å²) in [6.45, 7) is 0. The molecule has 6 aromatic carbocycles. The summed E-state index contributed by atoms with van der Waals surface area (Å²) in [7, 11) is -5.24. The van der Waals surface area contributed by atoms with E-state index in [9.17, 15) is 43.0 Å². The predicted molar refractivity (Wildman–Crippen MR) is 170 cm³/mol. The average Bonchev–Trinajstić information content (AvgIpc) is 3.07. The third-order valence-electron chi connectivity index (χ3n) is 7.47. The first-order valence-electron chi connectivity index (χ1n) is 14.0. The molecule has 0 aliphatic carbocycles. The second kappa shape index (κ2) is 13.7. The Morgan fingerprint density at radius 3 is 1.76 bits per heavy atom. The number of anilines is 1. The summed E-state index contributed by atoms with van der Waals surface area (Å²) in [4.78, 5) is 23.1. The van der Waals surface area contributed by atoms with E-state index in [1.165, 1.54) is 42.5 Å². The fourth-order valence-corrected chi connectivity index (χ4v) is 5.74. The summed E-state index contributed by atoms with van der Waals surface area (Å²) < 4.78 is 36.0. The normalized spacial score (nSPS) is 11.7. The van der Waals surface area contributed by atoms with Crippen molar-refractivity contribution in [1.29, 1.82) is 0 Å². The molecule has 50 heavy (non-hydrogen) atoms. The molecule has 0 aromatic heterocycles. The summed E-state index contributed by atoms with van der Waals surface area (Å²) in [5.74, 6) is -4.72. The van der Waals surface area contributed by atoms with E-state index in [1.807, 2.05) is 0 Å². The van der Waals surface area contributed by atoms with E-state index < -0.39 is 55.3 Å². The van der Waals surface area contributed by atoms with Crippen molar-refractivity contribution in [2.75, 3.05) is 5.73 Å². The van der Waals surface area contributed by atoms with Gasteiger partial charge in [-0.1, -0.05) is 60.0 Å². The van der Waals surface area contributed by atoms with Crippen LogP contribution in [-0.2, 0) is 27.5 Å². The van der Waals surface area contributed by atoms with Crippen molar-refractivity contribution < 1.29 is 63.2 Å². The van der Waals surface area contributed by atoms with Crippen LogP contribution in [0.3, 0.4) is 0 Å². The van der Waals surface area contributed by atoms with Gasteiger partial charge < -0.3 is 40.3 Å². The Bertz CT molecular complexity index is 2550. The van der Waals surface area contributed by atoms with Crippen LogP contribution >= 0.6 is 0 Å². The van der Waals surface area contributed by atoms with Gasteiger partial charge in [-0.25, -0.2) is 8.42 Å². The van der Waals surface area contributed by atoms with Crippen LogP contribution in [0.15, 0.2) is 122 Å². The maximum absolute atomic E-state index is 13.1. The van der Waals surface area contributed by atoms with Crippen molar-refractivity contribution in [1.82, 2.24) is 0 Å². The number of rotatable bonds is 8. The zero-order chi connectivity index (χ0) is 35.0. The van der Waals surface area contributed by atoms with Gasteiger partial charge in [0, 0.05) is 16.8 Å². The molecule has 6 aromatic rings. The van der Waals surface area contributed by atoms with Gasteiger partial charge in [0.2, 0.25) is 0 Å². The van der Waals surface area contributed by atoms with Crippen molar-refractivity contribution in [2.45, 2.75) is 4.90 Å². The number of benzene rings is 6. The first-order valence-corrected chi connectivity index (χ1v) is 15.4. The number of carbonyl (C=O) groups excluding carboxylic acids is 2. The van der Waals surface area contributed by atoms with Gasteiger partial charge in [-0.05, 0) is 81.2 Å². The molecule has 0 spiro atoms. The Hall–Kier alpha value is -6.18. The first kappa shape index (κ1) is 35.1. The smallest absolute Gasteiger partial charge is 0.871 e. The zero-order valence-corrected chi connectivity index (χ0v) is 27.2. The number of nitrogens with two attached hydrogens (primary N) is 1. The van der Waals surface area contributed by atoms with Crippen LogP contribution in [0.1, 0.15) is 23.6 Å². The summed E-state index contributed by atoms with van der Waals surface area (Å²) >= 11 is 0. The number of carboxylic acid groups (broad SMARTS) is 2. The molecular formula is C34H20CrN5O9S. The molecule has 247 valence electrons. The number of azo groups is 2. The Balaban J connectivity index is 0.00000243. The molecule has 0 unspecified atom stereocenters. The van der Waals surface area contributed by atoms with Crippen LogP contribution in [0.5, 0.6) is 11.5 Å². The number of hydrogen-bond donors (Lipinski definition) is 1. The van der Waals surface area contributed by atoms with Gasteiger partial charge in [-0.3, -0.25) is 0 Å². The Kier molecular flexibility index (Phi) is 9.66. The van der Waals surface area contributed by atoms with Crippen LogP contribution in [0, 0.1) is 0 Å². The molecule has 0 bridgehead atoms. The Morgan fingerprint density at radius 2 is 1.16 bits per heavy atom. The SMILES string of the molecule is Nc1ccc2c([O-])c(N=Nc3ccc(-c4ccc(N=Nc5ccc6ccccc6c5[O-])c(C(=O)[O-])c4)cc3C(=O)[O-])c(S(=O)(=O)[O-])cc2c1.[Cr+3].[H+].[H+]. The minimum atomic E-state index is -5.24. The van der Waals surface area contributed by atoms with Crippen LogP contribution < -0.4 is 26.2 Å². The fraction of sp³-hybridized carbons (Fsp3) is 0. The third kappa shape index (κ3) is 6.86. The molecule has 1 radical (unpaired) electrons. The molecule has 0 saturated heterocycles. The van der Waals surface area contributed by atoms with Gasteiger partial charge in [0.1, 0.15) is 10.1 Å². The number of carboxylic acids is 2. The molecule has 14 nitrogen and oxygen atoms in total. The third-order valence-corrected chi connectivity index (χ3v) is 8.32.